The van der Waals surface area contributed by atoms with E-state index in [1.54, 1.807) is 0 Å². The summed E-state index contributed by atoms with van der Waals surface area (Å²) in [5, 5.41) is 3.46. The first kappa shape index (κ1) is 22.1. The van der Waals surface area contributed by atoms with Gasteiger partial charge < -0.3 is 9.88 Å². The standard InChI is InChI=1S/C19H18F3N3O3S2/c1-12-13(2)29-18(25-9-3-4-10-25)16(12)17(26)24-14-5-7-15(8-6-14)30(27,28)23-11-19(20,21)22/h3-10,23H,11H2,1-2H3,(H,24,26). The number of halogens is 3. The molecule has 0 bridgehead atoms. The molecule has 0 radical (unpaired) electrons. The predicted octanol–water partition coefficient (Wildman–Crippen LogP) is 4.25. The highest BCUT2D eigenvalue weighted by molar-refractivity contribution is 7.89. The van der Waals surface area contributed by atoms with Crippen molar-refractivity contribution < 1.29 is 26.4 Å². The van der Waals surface area contributed by atoms with Crippen LogP contribution < -0.4 is 10.0 Å². The first-order chi connectivity index (χ1) is 14.0. The van der Waals surface area contributed by atoms with E-state index in [0.29, 0.717) is 11.3 Å². The minimum atomic E-state index is -4.66. The molecule has 0 aliphatic heterocycles. The van der Waals surface area contributed by atoms with Crippen LogP contribution in [0.4, 0.5) is 18.9 Å². The summed E-state index contributed by atoms with van der Waals surface area (Å²) in [5.74, 6) is -0.369. The maximum atomic E-state index is 12.9. The van der Waals surface area contributed by atoms with Crippen molar-refractivity contribution in [2.24, 2.45) is 0 Å². The number of aryl methyl sites for hydroxylation is 1. The fourth-order valence-electron chi connectivity index (χ4n) is 2.70. The molecule has 0 aliphatic carbocycles. The molecule has 2 N–H and O–H groups in total. The Bertz CT molecular complexity index is 1150. The summed E-state index contributed by atoms with van der Waals surface area (Å²) in [4.78, 5) is 13.5. The van der Waals surface area contributed by atoms with E-state index in [9.17, 15) is 26.4 Å². The summed E-state index contributed by atoms with van der Waals surface area (Å²) >= 11 is 1.47. The second-order valence-electron chi connectivity index (χ2n) is 6.47. The van der Waals surface area contributed by atoms with Gasteiger partial charge in [-0.3, -0.25) is 4.79 Å². The van der Waals surface area contributed by atoms with Gasteiger partial charge in [-0.15, -0.1) is 11.3 Å². The number of nitrogens with one attached hydrogen (secondary N) is 2. The molecule has 0 fully saturated rings. The lowest BCUT2D eigenvalue weighted by Gasteiger charge is -2.11. The van der Waals surface area contributed by atoms with Crippen LogP contribution >= 0.6 is 11.3 Å². The van der Waals surface area contributed by atoms with E-state index < -0.39 is 22.7 Å². The molecule has 1 amide bonds. The van der Waals surface area contributed by atoms with Crippen LogP contribution in [0.5, 0.6) is 0 Å². The summed E-state index contributed by atoms with van der Waals surface area (Å²) in [6.45, 7) is 2.10. The van der Waals surface area contributed by atoms with Crippen molar-refractivity contribution in [3.8, 4) is 5.00 Å². The fourth-order valence-corrected chi connectivity index (χ4v) is 4.83. The Morgan fingerprint density at radius 1 is 1.10 bits per heavy atom. The van der Waals surface area contributed by atoms with E-state index in [1.165, 1.54) is 28.2 Å². The van der Waals surface area contributed by atoms with Gasteiger partial charge in [0.15, 0.2) is 0 Å². The number of sulfonamides is 1. The second-order valence-corrected chi connectivity index (χ2v) is 9.44. The van der Waals surface area contributed by atoms with Gasteiger partial charge in [-0.2, -0.15) is 13.2 Å². The fraction of sp³-hybridized carbons (Fsp3) is 0.211. The van der Waals surface area contributed by atoms with Crippen LogP contribution in [0.15, 0.2) is 53.7 Å². The topological polar surface area (TPSA) is 80.2 Å². The Morgan fingerprint density at radius 3 is 2.27 bits per heavy atom. The monoisotopic (exact) mass is 457 g/mol. The Morgan fingerprint density at radius 2 is 1.70 bits per heavy atom. The number of carbonyl (C=O) groups excluding carboxylic acids is 1. The van der Waals surface area contributed by atoms with Gasteiger partial charge in [0.05, 0.1) is 10.5 Å². The minimum absolute atomic E-state index is 0.316. The van der Waals surface area contributed by atoms with E-state index in [4.69, 9.17) is 0 Å². The van der Waals surface area contributed by atoms with Gasteiger partial charge in [0.1, 0.15) is 11.5 Å². The third kappa shape index (κ3) is 4.91. The molecule has 3 rings (SSSR count). The molecule has 1 aromatic carbocycles. The molecule has 30 heavy (non-hydrogen) atoms. The maximum Gasteiger partial charge on any atom is 0.402 e. The van der Waals surface area contributed by atoms with Crippen LogP contribution in [0.1, 0.15) is 20.8 Å². The van der Waals surface area contributed by atoms with Crippen molar-refractivity contribution in [2.45, 2.75) is 24.9 Å². The Kier molecular flexibility index (Phi) is 6.06. The van der Waals surface area contributed by atoms with Gasteiger partial charge in [-0.25, -0.2) is 13.1 Å². The van der Waals surface area contributed by atoms with Crippen molar-refractivity contribution in [3.63, 3.8) is 0 Å². The third-order valence-corrected chi connectivity index (χ3v) is 6.96. The lowest BCUT2D eigenvalue weighted by Crippen LogP contribution is -2.33. The molecule has 0 saturated heterocycles. The highest BCUT2D eigenvalue weighted by Gasteiger charge is 2.30. The zero-order valence-corrected chi connectivity index (χ0v) is 17.6. The van der Waals surface area contributed by atoms with Crippen molar-refractivity contribution in [2.75, 3.05) is 11.9 Å². The summed E-state index contributed by atoms with van der Waals surface area (Å²) in [6.07, 6.45) is -1.00. The molecule has 0 atom stereocenters. The Balaban J connectivity index is 1.79. The number of anilines is 1. The van der Waals surface area contributed by atoms with Crippen molar-refractivity contribution in [1.29, 1.82) is 0 Å². The second kappa shape index (κ2) is 8.25. The summed E-state index contributed by atoms with van der Waals surface area (Å²) in [5.41, 5.74) is 1.64. The number of rotatable bonds is 6. The number of amides is 1. The summed E-state index contributed by atoms with van der Waals surface area (Å²) in [6, 6.07) is 8.60. The largest absolute Gasteiger partial charge is 0.402 e. The molecule has 2 heterocycles. The smallest absolute Gasteiger partial charge is 0.322 e. The number of hydrogen-bond donors (Lipinski definition) is 2. The van der Waals surface area contributed by atoms with Gasteiger partial charge in [-0.1, -0.05) is 0 Å². The molecular weight excluding hydrogens is 439 g/mol. The number of thiophene rings is 1. The van der Waals surface area contributed by atoms with E-state index in [2.05, 4.69) is 5.32 Å². The first-order valence-corrected chi connectivity index (χ1v) is 11.0. The number of hydrogen-bond acceptors (Lipinski definition) is 4. The average Bonchev–Trinajstić information content (AvgIpc) is 3.29. The third-order valence-electron chi connectivity index (χ3n) is 4.32. The molecular formula is C19H18F3N3O3S2. The molecule has 0 unspecified atom stereocenters. The van der Waals surface area contributed by atoms with E-state index in [-0.39, 0.29) is 10.8 Å². The molecule has 6 nitrogen and oxygen atoms in total. The van der Waals surface area contributed by atoms with Gasteiger partial charge in [0.2, 0.25) is 10.0 Å². The number of aromatic nitrogens is 1. The van der Waals surface area contributed by atoms with Gasteiger partial charge in [0, 0.05) is 23.0 Å². The van der Waals surface area contributed by atoms with Crippen LogP contribution in [0.3, 0.4) is 0 Å². The highest BCUT2D eigenvalue weighted by Crippen LogP contribution is 2.31. The lowest BCUT2D eigenvalue weighted by atomic mass is 10.1. The molecule has 0 spiro atoms. The zero-order valence-electron chi connectivity index (χ0n) is 15.9. The average molecular weight is 457 g/mol. The summed E-state index contributed by atoms with van der Waals surface area (Å²) in [7, 11) is -4.31. The van der Waals surface area contributed by atoms with Crippen LogP contribution in [-0.2, 0) is 10.0 Å². The van der Waals surface area contributed by atoms with E-state index in [1.807, 2.05) is 42.9 Å². The molecule has 11 heteroatoms. The molecule has 2 aromatic heterocycles. The zero-order chi connectivity index (χ0) is 22.1. The molecule has 0 saturated carbocycles. The van der Waals surface area contributed by atoms with E-state index >= 15 is 0 Å². The van der Waals surface area contributed by atoms with Gasteiger partial charge in [0.25, 0.3) is 5.91 Å². The minimum Gasteiger partial charge on any atom is -0.322 e. The number of nitrogens with zero attached hydrogens (tertiary/aromatic N) is 1. The Labute approximate surface area is 175 Å². The van der Waals surface area contributed by atoms with Crippen LogP contribution in [0.2, 0.25) is 0 Å². The normalized spacial score (nSPS) is 12.2. The SMILES string of the molecule is Cc1sc(-n2cccc2)c(C(=O)Nc2ccc(S(=O)(=O)NCC(F)(F)F)cc2)c1C. The van der Waals surface area contributed by atoms with Crippen molar-refractivity contribution in [3.05, 3.63) is 64.8 Å². The molecule has 160 valence electrons. The van der Waals surface area contributed by atoms with Gasteiger partial charge >= 0.3 is 6.18 Å². The number of benzene rings is 1. The lowest BCUT2D eigenvalue weighted by molar-refractivity contribution is -0.121. The van der Waals surface area contributed by atoms with Crippen LogP contribution in [0, 0.1) is 13.8 Å². The van der Waals surface area contributed by atoms with E-state index in [0.717, 1.165) is 27.6 Å². The predicted molar refractivity (Wildman–Crippen MR) is 109 cm³/mol. The first-order valence-electron chi connectivity index (χ1n) is 8.69. The molecule has 3 aromatic rings. The quantitative estimate of drug-likeness (QED) is 0.581. The number of carbonyl (C=O) groups is 1. The van der Waals surface area contributed by atoms with Crippen molar-refractivity contribution >= 4 is 33.0 Å². The van der Waals surface area contributed by atoms with Crippen LogP contribution in [-0.4, -0.2) is 31.6 Å². The summed E-state index contributed by atoms with van der Waals surface area (Å²) < 4.78 is 64.0. The maximum absolute atomic E-state index is 12.9. The Hall–Kier alpha value is -2.63. The molecule has 0 aliphatic rings. The number of alkyl halides is 3. The van der Waals surface area contributed by atoms with Gasteiger partial charge in [-0.05, 0) is 55.8 Å². The van der Waals surface area contributed by atoms with Crippen molar-refractivity contribution in [1.82, 2.24) is 9.29 Å². The van der Waals surface area contributed by atoms with Crippen LogP contribution in [0.25, 0.3) is 5.00 Å². The highest BCUT2D eigenvalue weighted by atomic mass is 32.2.